The van der Waals surface area contributed by atoms with Gasteiger partial charge < -0.3 is 24.2 Å². The van der Waals surface area contributed by atoms with E-state index in [0.29, 0.717) is 36.8 Å². The van der Waals surface area contributed by atoms with Gasteiger partial charge in [0.05, 0.1) is 25.9 Å². The van der Waals surface area contributed by atoms with Crippen molar-refractivity contribution in [2.45, 2.75) is 50.7 Å². The molecule has 3 atom stereocenters. The van der Waals surface area contributed by atoms with Crippen LogP contribution in [0.15, 0.2) is 34.9 Å². The molecule has 160 valence electrons. The van der Waals surface area contributed by atoms with Crippen molar-refractivity contribution in [1.29, 1.82) is 0 Å². The molecule has 1 aliphatic carbocycles. The van der Waals surface area contributed by atoms with Crippen LogP contribution in [0.25, 0.3) is 0 Å². The van der Waals surface area contributed by atoms with Gasteiger partial charge in [-0.2, -0.15) is 0 Å². The van der Waals surface area contributed by atoms with Gasteiger partial charge >= 0.3 is 0 Å². The van der Waals surface area contributed by atoms with E-state index in [0.717, 1.165) is 11.3 Å². The minimum atomic E-state index is -0.285. The largest absolute Gasteiger partial charge is 0.497 e. The summed E-state index contributed by atoms with van der Waals surface area (Å²) in [5.41, 5.74) is 1.07. The van der Waals surface area contributed by atoms with Crippen molar-refractivity contribution in [3.63, 3.8) is 0 Å². The first-order valence-corrected chi connectivity index (χ1v) is 10.3. The second kappa shape index (κ2) is 8.87. The van der Waals surface area contributed by atoms with Crippen LogP contribution in [0.2, 0.25) is 0 Å². The summed E-state index contributed by atoms with van der Waals surface area (Å²) in [5, 5.41) is 6.33. The molecule has 3 unspecified atom stereocenters. The number of hydrogen-bond donors (Lipinski definition) is 1. The number of carbonyl (C=O) groups is 2. The molecule has 8 heteroatoms. The SMILES string of the molecule is C1CC2CC1O2.COc1ccc(C2CC(=O)N(CC(=O)Nc3cc(C)on3)C2)cc1. The average Bonchev–Trinajstić information content (AvgIpc) is 3.49. The van der Waals surface area contributed by atoms with E-state index >= 15 is 0 Å². The number of nitrogens with zero attached hydrogens (tertiary/aromatic N) is 2. The Morgan fingerprint density at radius 2 is 1.97 bits per heavy atom. The van der Waals surface area contributed by atoms with Gasteiger partial charge in [-0.1, -0.05) is 17.3 Å². The molecule has 4 heterocycles. The lowest BCUT2D eigenvalue weighted by Gasteiger charge is -2.23. The second-order valence-electron chi connectivity index (χ2n) is 8.01. The number of methoxy groups -OCH3 is 1. The lowest BCUT2D eigenvalue weighted by molar-refractivity contribution is -0.131. The van der Waals surface area contributed by atoms with Crippen molar-refractivity contribution in [1.82, 2.24) is 10.1 Å². The number of carbonyl (C=O) groups excluding carboxylic acids is 2. The molecular formula is C22H27N3O5. The molecule has 0 radical (unpaired) electrons. The molecule has 30 heavy (non-hydrogen) atoms. The van der Waals surface area contributed by atoms with Crippen molar-refractivity contribution in [3.8, 4) is 5.75 Å². The molecule has 8 nitrogen and oxygen atoms in total. The number of amides is 2. The van der Waals surface area contributed by atoms with E-state index in [-0.39, 0.29) is 24.3 Å². The number of aromatic nitrogens is 1. The predicted molar refractivity (Wildman–Crippen MR) is 109 cm³/mol. The van der Waals surface area contributed by atoms with E-state index in [2.05, 4.69) is 10.5 Å². The molecule has 2 aromatic rings. The van der Waals surface area contributed by atoms with E-state index in [1.54, 1.807) is 25.0 Å². The molecule has 0 spiro atoms. The van der Waals surface area contributed by atoms with Crippen LogP contribution in [0.5, 0.6) is 5.75 Å². The number of anilines is 1. The zero-order valence-electron chi connectivity index (χ0n) is 17.3. The molecule has 1 saturated carbocycles. The highest BCUT2D eigenvalue weighted by Gasteiger charge is 2.36. The van der Waals surface area contributed by atoms with Gasteiger partial charge in [-0.25, -0.2) is 0 Å². The summed E-state index contributed by atoms with van der Waals surface area (Å²) >= 11 is 0. The van der Waals surface area contributed by atoms with Gasteiger partial charge in [-0.15, -0.1) is 0 Å². The number of aryl methyl sites for hydroxylation is 1. The summed E-state index contributed by atoms with van der Waals surface area (Å²) < 4.78 is 15.3. The predicted octanol–water partition coefficient (Wildman–Crippen LogP) is 2.88. The van der Waals surface area contributed by atoms with Gasteiger partial charge in [0, 0.05) is 24.9 Å². The minimum absolute atomic E-state index is 0.0113. The summed E-state index contributed by atoms with van der Waals surface area (Å²) in [7, 11) is 1.62. The highest BCUT2D eigenvalue weighted by Crippen LogP contribution is 2.36. The maximum Gasteiger partial charge on any atom is 0.245 e. The van der Waals surface area contributed by atoms with Gasteiger partial charge in [0.1, 0.15) is 11.5 Å². The molecule has 1 aromatic carbocycles. The van der Waals surface area contributed by atoms with Crippen molar-refractivity contribution in [2.24, 2.45) is 0 Å². The maximum absolute atomic E-state index is 12.2. The molecule has 3 aliphatic heterocycles. The molecule has 3 saturated heterocycles. The Kier molecular flexibility index (Phi) is 6.03. The Labute approximate surface area is 175 Å². The number of ether oxygens (including phenoxy) is 2. The molecule has 4 fully saturated rings. The van der Waals surface area contributed by atoms with Crippen molar-refractivity contribution in [2.75, 3.05) is 25.5 Å². The standard InChI is InChI=1S/C17H19N3O4.C5H8O/c1-11-7-15(19-24-11)18-16(21)10-20-9-13(8-17(20)22)12-3-5-14(23-2)6-4-12;1-2-5-3-4(1)6-5/h3-7,13H,8-10H2,1-2H3,(H,18,19,21);4-5H,1-3H2. The van der Waals surface area contributed by atoms with Crippen molar-refractivity contribution < 1.29 is 23.6 Å². The average molecular weight is 413 g/mol. The zero-order chi connectivity index (χ0) is 21.1. The van der Waals surface area contributed by atoms with Crippen molar-refractivity contribution in [3.05, 3.63) is 41.7 Å². The second-order valence-corrected chi connectivity index (χ2v) is 8.01. The molecule has 2 bridgehead atoms. The summed E-state index contributed by atoms with van der Waals surface area (Å²) in [6.07, 6.45) is 5.82. The fourth-order valence-corrected chi connectivity index (χ4v) is 4.10. The van der Waals surface area contributed by atoms with E-state index in [9.17, 15) is 9.59 Å². The lowest BCUT2D eigenvalue weighted by Crippen LogP contribution is -2.34. The van der Waals surface area contributed by atoms with Crippen LogP contribution in [0.3, 0.4) is 0 Å². The van der Waals surface area contributed by atoms with Gasteiger partial charge in [0.15, 0.2) is 5.82 Å². The van der Waals surface area contributed by atoms with Gasteiger partial charge in [-0.3, -0.25) is 9.59 Å². The number of hydrogen-bond acceptors (Lipinski definition) is 6. The van der Waals surface area contributed by atoms with Gasteiger partial charge in [-0.05, 0) is 43.9 Å². The van der Waals surface area contributed by atoms with E-state index in [1.807, 2.05) is 24.3 Å². The Bertz CT molecular complexity index is 875. The van der Waals surface area contributed by atoms with Crippen molar-refractivity contribution >= 4 is 17.6 Å². The normalized spacial score (nSPS) is 24.1. The minimum Gasteiger partial charge on any atom is -0.497 e. The topological polar surface area (TPSA) is 93.9 Å². The molecule has 1 N–H and O–H groups in total. The molecule has 4 aliphatic rings. The number of benzene rings is 1. The summed E-state index contributed by atoms with van der Waals surface area (Å²) in [6, 6.07) is 9.30. The van der Waals surface area contributed by atoms with Crippen LogP contribution in [0, 0.1) is 6.92 Å². The number of fused-ring (bicyclic) bond motifs is 1. The highest BCUT2D eigenvalue weighted by atomic mass is 16.5. The zero-order valence-corrected chi connectivity index (χ0v) is 17.3. The fraction of sp³-hybridized carbons (Fsp3) is 0.500. The fourth-order valence-electron chi connectivity index (χ4n) is 4.10. The Balaban J connectivity index is 0.000000305. The maximum atomic E-state index is 12.2. The Morgan fingerprint density at radius 3 is 2.50 bits per heavy atom. The van der Waals surface area contributed by atoms with Gasteiger partial charge in [0.2, 0.25) is 11.8 Å². The smallest absolute Gasteiger partial charge is 0.245 e. The summed E-state index contributed by atoms with van der Waals surface area (Å²) in [4.78, 5) is 25.8. The van der Waals surface area contributed by atoms with E-state index in [1.165, 1.54) is 19.3 Å². The number of nitrogens with one attached hydrogen (secondary N) is 1. The van der Waals surface area contributed by atoms with E-state index < -0.39 is 0 Å². The lowest BCUT2D eigenvalue weighted by atomic mass is 9.98. The third-order valence-electron chi connectivity index (χ3n) is 5.75. The molecular weight excluding hydrogens is 386 g/mol. The van der Waals surface area contributed by atoms with Gasteiger partial charge in [0.25, 0.3) is 0 Å². The summed E-state index contributed by atoms with van der Waals surface area (Å²) in [5.74, 6) is 1.53. The van der Waals surface area contributed by atoms with Crippen LogP contribution in [0.1, 0.15) is 42.9 Å². The molecule has 6 rings (SSSR count). The van der Waals surface area contributed by atoms with Crippen LogP contribution >= 0.6 is 0 Å². The third kappa shape index (κ3) is 4.81. The Hall–Kier alpha value is -2.87. The quantitative estimate of drug-likeness (QED) is 0.810. The van der Waals surface area contributed by atoms with Crippen LogP contribution in [-0.4, -0.2) is 54.3 Å². The molecule has 2 amide bonds. The van der Waals surface area contributed by atoms with Crippen LogP contribution in [0.4, 0.5) is 5.82 Å². The first-order valence-electron chi connectivity index (χ1n) is 10.3. The Morgan fingerprint density at radius 1 is 1.27 bits per heavy atom. The van der Waals surface area contributed by atoms with Crippen LogP contribution < -0.4 is 10.1 Å². The summed E-state index contributed by atoms with van der Waals surface area (Å²) in [6.45, 7) is 2.28. The van der Waals surface area contributed by atoms with E-state index in [4.69, 9.17) is 14.0 Å². The monoisotopic (exact) mass is 413 g/mol. The number of rotatable bonds is 5. The first-order chi connectivity index (χ1) is 14.5. The number of likely N-dealkylation sites (tertiary alicyclic amines) is 1. The van der Waals surface area contributed by atoms with Crippen LogP contribution in [-0.2, 0) is 14.3 Å². The third-order valence-corrected chi connectivity index (χ3v) is 5.75. The highest BCUT2D eigenvalue weighted by molar-refractivity contribution is 5.94. The molecule has 1 aromatic heterocycles. The first kappa shape index (κ1) is 20.4.